The van der Waals surface area contributed by atoms with Gasteiger partial charge < -0.3 is 15.2 Å². The molecule has 1 unspecified atom stereocenters. The Labute approximate surface area is 161 Å². The van der Waals surface area contributed by atoms with E-state index in [4.69, 9.17) is 4.74 Å². The van der Waals surface area contributed by atoms with Crippen LogP contribution < -0.4 is 10.1 Å². The van der Waals surface area contributed by atoms with Crippen LogP contribution in [0.2, 0.25) is 0 Å². The predicted molar refractivity (Wildman–Crippen MR) is 103 cm³/mol. The molecule has 142 valence electrons. The van der Waals surface area contributed by atoms with E-state index < -0.39 is 5.60 Å². The smallest absolute Gasteiger partial charge is 0.262 e. The third kappa shape index (κ3) is 3.50. The molecule has 0 radical (unpaired) electrons. The Balaban J connectivity index is 1.44. The van der Waals surface area contributed by atoms with Gasteiger partial charge in [0, 0.05) is 23.5 Å². The lowest BCUT2D eigenvalue weighted by Crippen LogP contribution is -2.48. The number of amides is 1. The maximum Gasteiger partial charge on any atom is 0.262 e. The molecular weight excluding hydrogens is 364 g/mol. The number of aliphatic hydroxyl groups is 1. The van der Waals surface area contributed by atoms with Crippen molar-refractivity contribution in [1.82, 2.24) is 4.90 Å². The Morgan fingerprint density at radius 3 is 2.81 bits per heavy atom. The second-order valence-corrected chi connectivity index (χ2v) is 8.08. The molecule has 27 heavy (non-hydrogen) atoms. The van der Waals surface area contributed by atoms with Crippen molar-refractivity contribution in [3.63, 3.8) is 0 Å². The fraction of sp³-hybridized carbons (Fsp3) is 0.400. The van der Waals surface area contributed by atoms with Gasteiger partial charge in [0.15, 0.2) is 12.4 Å². The lowest BCUT2D eigenvalue weighted by atomic mass is 9.88. The van der Waals surface area contributed by atoms with Gasteiger partial charge >= 0.3 is 0 Å². The third-order valence-corrected chi connectivity index (χ3v) is 6.49. The number of benzene rings is 1. The highest BCUT2D eigenvalue weighted by molar-refractivity contribution is 7.10. The molecule has 1 fully saturated rings. The van der Waals surface area contributed by atoms with Gasteiger partial charge in [-0.3, -0.25) is 14.5 Å². The Hall–Kier alpha value is -2.22. The standard InChI is InChI=1S/C20H22N2O4S/c1-13(22-8-6-20(25,7-9-22)17-3-2-10-27-17)19(24)14-4-5-15-16(11-14)26-12-18(23)21-15/h2-5,10-11,13,25H,6-9,12H2,1H3,(H,21,23). The van der Waals surface area contributed by atoms with Crippen molar-refractivity contribution < 1.29 is 19.4 Å². The highest BCUT2D eigenvalue weighted by atomic mass is 32.1. The van der Waals surface area contributed by atoms with E-state index in [1.807, 2.05) is 24.4 Å². The molecule has 1 aromatic carbocycles. The first-order valence-corrected chi connectivity index (χ1v) is 9.95. The largest absolute Gasteiger partial charge is 0.482 e. The molecule has 1 amide bonds. The van der Waals surface area contributed by atoms with Crippen LogP contribution in [0.5, 0.6) is 5.75 Å². The first-order chi connectivity index (χ1) is 13.0. The van der Waals surface area contributed by atoms with E-state index in [9.17, 15) is 14.7 Å². The van der Waals surface area contributed by atoms with Gasteiger partial charge in [0.2, 0.25) is 0 Å². The normalized spacial score (nSPS) is 20.3. The summed E-state index contributed by atoms with van der Waals surface area (Å²) in [7, 11) is 0. The quantitative estimate of drug-likeness (QED) is 0.790. The number of carbonyl (C=O) groups is 2. The summed E-state index contributed by atoms with van der Waals surface area (Å²) >= 11 is 1.58. The zero-order valence-electron chi connectivity index (χ0n) is 15.1. The minimum Gasteiger partial charge on any atom is -0.482 e. The van der Waals surface area contributed by atoms with Crippen LogP contribution in [-0.2, 0) is 10.4 Å². The highest BCUT2D eigenvalue weighted by Gasteiger charge is 2.37. The molecule has 7 heteroatoms. The summed E-state index contributed by atoms with van der Waals surface area (Å²) in [5.74, 6) is 0.347. The molecule has 0 aliphatic carbocycles. The first kappa shape index (κ1) is 18.2. The summed E-state index contributed by atoms with van der Waals surface area (Å²) in [4.78, 5) is 27.4. The number of hydrogen-bond acceptors (Lipinski definition) is 6. The van der Waals surface area contributed by atoms with E-state index in [2.05, 4.69) is 10.2 Å². The Bertz CT molecular complexity index is 857. The predicted octanol–water partition coefficient (Wildman–Crippen LogP) is 2.63. The number of piperidine rings is 1. The van der Waals surface area contributed by atoms with Crippen LogP contribution in [0.1, 0.15) is 35.0 Å². The van der Waals surface area contributed by atoms with E-state index in [1.165, 1.54) is 0 Å². The molecule has 1 aromatic heterocycles. The number of carbonyl (C=O) groups excluding carboxylic acids is 2. The van der Waals surface area contributed by atoms with Crippen molar-refractivity contribution in [1.29, 1.82) is 0 Å². The average Bonchev–Trinajstić information content (AvgIpc) is 3.23. The van der Waals surface area contributed by atoms with Crippen molar-refractivity contribution in [2.75, 3.05) is 25.0 Å². The molecule has 2 aromatic rings. The van der Waals surface area contributed by atoms with Crippen molar-refractivity contribution >= 4 is 28.7 Å². The summed E-state index contributed by atoms with van der Waals surface area (Å²) in [5, 5.41) is 15.6. The number of nitrogens with one attached hydrogen (secondary N) is 1. The number of thiophene rings is 1. The van der Waals surface area contributed by atoms with Gasteiger partial charge in [-0.05, 0) is 49.4 Å². The number of likely N-dealkylation sites (tertiary alicyclic amines) is 1. The number of Topliss-reactive ketones (excluding diaryl/α,β-unsaturated/α-hetero) is 1. The summed E-state index contributed by atoms with van der Waals surface area (Å²) in [6.07, 6.45) is 1.23. The van der Waals surface area contributed by atoms with E-state index >= 15 is 0 Å². The third-order valence-electron chi connectivity index (χ3n) is 5.43. The molecular formula is C20H22N2O4S. The van der Waals surface area contributed by atoms with Gasteiger partial charge in [-0.15, -0.1) is 11.3 Å². The lowest BCUT2D eigenvalue weighted by molar-refractivity contribution is -0.118. The first-order valence-electron chi connectivity index (χ1n) is 9.08. The Morgan fingerprint density at radius 2 is 2.11 bits per heavy atom. The molecule has 0 bridgehead atoms. The van der Waals surface area contributed by atoms with E-state index in [-0.39, 0.29) is 24.3 Å². The van der Waals surface area contributed by atoms with Crippen LogP contribution in [-0.4, -0.2) is 47.4 Å². The SMILES string of the molecule is CC(C(=O)c1ccc2c(c1)OCC(=O)N2)N1CCC(O)(c2cccs2)CC1. The minimum absolute atomic E-state index is 0.0138. The number of hydrogen-bond donors (Lipinski definition) is 2. The van der Waals surface area contributed by atoms with Crippen LogP contribution in [0, 0.1) is 0 Å². The van der Waals surface area contributed by atoms with Crippen molar-refractivity contribution in [3.8, 4) is 5.75 Å². The van der Waals surface area contributed by atoms with Gasteiger partial charge in [0.25, 0.3) is 5.91 Å². The fourth-order valence-corrected chi connectivity index (χ4v) is 4.59. The van der Waals surface area contributed by atoms with E-state index in [1.54, 1.807) is 29.5 Å². The molecule has 0 saturated carbocycles. The zero-order valence-corrected chi connectivity index (χ0v) is 15.9. The number of nitrogens with zero attached hydrogens (tertiary/aromatic N) is 1. The molecule has 1 saturated heterocycles. The van der Waals surface area contributed by atoms with Gasteiger partial charge in [0.1, 0.15) is 11.4 Å². The van der Waals surface area contributed by atoms with Crippen LogP contribution in [0.4, 0.5) is 5.69 Å². The number of fused-ring (bicyclic) bond motifs is 1. The summed E-state index contributed by atoms with van der Waals surface area (Å²) in [6.45, 7) is 3.20. The number of ether oxygens (including phenoxy) is 1. The van der Waals surface area contributed by atoms with Crippen molar-refractivity contribution in [2.24, 2.45) is 0 Å². The monoisotopic (exact) mass is 386 g/mol. The van der Waals surface area contributed by atoms with Crippen molar-refractivity contribution in [2.45, 2.75) is 31.4 Å². The van der Waals surface area contributed by atoms with Gasteiger partial charge in [-0.1, -0.05) is 6.07 Å². The molecule has 4 rings (SSSR count). The minimum atomic E-state index is -0.786. The maximum atomic E-state index is 12.9. The Kier molecular flexibility index (Phi) is 4.75. The van der Waals surface area contributed by atoms with Gasteiger partial charge in [-0.2, -0.15) is 0 Å². The number of ketones is 1. The second-order valence-electron chi connectivity index (χ2n) is 7.13. The molecule has 1 atom stereocenters. The van der Waals surface area contributed by atoms with Crippen LogP contribution in [0.25, 0.3) is 0 Å². The summed E-state index contributed by atoms with van der Waals surface area (Å²) < 4.78 is 5.41. The van der Waals surface area contributed by atoms with Gasteiger partial charge in [-0.25, -0.2) is 0 Å². The van der Waals surface area contributed by atoms with Crippen LogP contribution >= 0.6 is 11.3 Å². The molecule has 2 aliphatic heterocycles. The summed E-state index contributed by atoms with van der Waals surface area (Å²) in [5.41, 5.74) is 0.372. The van der Waals surface area contributed by atoms with E-state index in [0.717, 1.165) is 4.88 Å². The fourth-order valence-electron chi connectivity index (χ4n) is 3.71. The topological polar surface area (TPSA) is 78.9 Å². The van der Waals surface area contributed by atoms with Gasteiger partial charge in [0.05, 0.1) is 11.7 Å². The summed E-state index contributed by atoms with van der Waals surface area (Å²) in [6, 6.07) is 8.77. The molecule has 6 nitrogen and oxygen atoms in total. The molecule has 2 N–H and O–H groups in total. The average molecular weight is 386 g/mol. The van der Waals surface area contributed by atoms with Crippen LogP contribution in [0.3, 0.4) is 0 Å². The maximum absolute atomic E-state index is 12.9. The molecule has 0 spiro atoms. The second kappa shape index (κ2) is 7.07. The lowest BCUT2D eigenvalue weighted by Gasteiger charge is -2.40. The Morgan fingerprint density at radius 1 is 1.33 bits per heavy atom. The number of rotatable bonds is 4. The van der Waals surface area contributed by atoms with Crippen LogP contribution in [0.15, 0.2) is 35.7 Å². The molecule has 2 aliphatic rings. The molecule has 3 heterocycles. The number of anilines is 1. The zero-order chi connectivity index (χ0) is 19.0. The van der Waals surface area contributed by atoms with Crippen molar-refractivity contribution in [3.05, 3.63) is 46.2 Å². The highest BCUT2D eigenvalue weighted by Crippen LogP contribution is 2.36. The van der Waals surface area contributed by atoms with E-state index in [0.29, 0.717) is 42.9 Å².